The lowest BCUT2D eigenvalue weighted by molar-refractivity contribution is -0.144. The maximum atomic E-state index is 14.3. The van der Waals surface area contributed by atoms with Crippen molar-refractivity contribution in [3.05, 3.63) is 71.3 Å². The Morgan fingerprint density at radius 3 is 2.00 bits per heavy atom. The van der Waals surface area contributed by atoms with Gasteiger partial charge in [0.2, 0.25) is 11.8 Å². The molecule has 2 N–H and O–H groups in total. The zero-order valence-electron chi connectivity index (χ0n) is 24.9. The van der Waals surface area contributed by atoms with Gasteiger partial charge in [-0.05, 0) is 71.1 Å². The minimum absolute atomic E-state index is 0.0379. The van der Waals surface area contributed by atoms with Gasteiger partial charge in [-0.15, -0.1) is 0 Å². The van der Waals surface area contributed by atoms with E-state index in [-0.39, 0.29) is 30.3 Å². The molecule has 3 atom stereocenters. The molecule has 0 fully saturated rings. The van der Waals surface area contributed by atoms with Gasteiger partial charge in [0.1, 0.15) is 17.7 Å². The van der Waals surface area contributed by atoms with Crippen molar-refractivity contribution in [3.63, 3.8) is 0 Å². The van der Waals surface area contributed by atoms with E-state index < -0.39 is 23.8 Å². The van der Waals surface area contributed by atoms with Gasteiger partial charge in [0.05, 0.1) is 0 Å². The van der Waals surface area contributed by atoms with Crippen LogP contribution in [0, 0.1) is 0 Å². The monoisotopic (exact) mass is 537 g/mol. The number of ether oxygens (including phenoxy) is 1. The number of alkyl carbamates (subject to hydrolysis) is 1. The van der Waals surface area contributed by atoms with Crippen molar-refractivity contribution >= 4 is 17.9 Å². The quantitative estimate of drug-likeness (QED) is 0.349. The summed E-state index contributed by atoms with van der Waals surface area (Å²) in [6, 6.07) is 15.2. The molecule has 0 saturated heterocycles. The zero-order chi connectivity index (χ0) is 29.2. The van der Waals surface area contributed by atoms with E-state index in [9.17, 15) is 14.4 Å². The van der Waals surface area contributed by atoms with E-state index in [0.29, 0.717) is 0 Å². The normalized spacial score (nSPS) is 13.8. The Morgan fingerprint density at radius 2 is 1.49 bits per heavy atom. The summed E-state index contributed by atoms with van der Waals surface area (Å²) in [5.74, 6) is -0.583. The van der Waals surface area contributed by atoms with Crippen LogP contribution in [0.3, 0.4) is 0 Å². The molecule has 3 unspecified atom stereocenters. The van der Waals surface area contributed by atoms with Crippen LogP contribution in [0.5, 0.6) is 0 Å². The number of carbonyl (C=O) groups is 3. The third-order valence-corrected chi connectivity index (χ3v) is 6.42. The minimum atomic E-state index is -0.928. The molecular weight excluding hydrogens is 490 g/mol. The van der Waals surface area contributed by atoms with Crippen molar-refractivity contribution in [1.82, 2.24) is 15.5 Å². The van der Waals surface area contributed by atoms with Crippen molar-refractivity contribution in [2.75, 3.05) is 0 Å². The predicted octanol–water partition coefficient (Wildman–Crippen LogP) is 5.97. The highest BCUT2D eigenvalue weighted by atomic mass is 16.6. The standard InChI is InChI=1S/C32H47N3O4/c1-9-14-23(5)33-29(36)28(26-19-17-24(10-2)18-20-26)35(22(3)4)30(37)27(21-25-15-12-11-13-16-25)34-31(38)39-32(6,7)8/h11-13,15-20,22-23,27-28H,9-10,14,21H2,1-8H3,(H,33,36)(H,34,38). The van der Waals surface area contributed by atoms with Gasteiger partial charge in [0.15, 0.2) is 0 Å². The summed E-state index contributed by atoms with van der Waals surface area (Å²) in [6.07, 6.45) is 2.22. The van der Waals surface area contributed by atoms with Crippen LogP contribution in [0.1, 0.15) is 91.0 Å². The van der Waals surface area contributed by atoms with E-state index in [1.165, 1.54) is 0 Å². The molecule has 0 aliphatic rings. The van der Waals surface area contributed by atoms with Crippen LogP contribution in [0.4, 0.5) is 4.79 Å². The fourth-order valence-electron chi connectivity index (χ4n) is 4.56. The molecule has 214 valence electrons. The van der Waals surface area contributed by atoms with Crippen LogP contribution in [-0.2, 0) is 27.2 Å². The Bertz CT molecular complexity index is 1060. The fraction of sp³-hybridized carbons (Fsp3) is 0.531. The Labute approximate surface area is 234 Å². The molecule has 0 heterocycles. The van der Waals surface area contributed by atoms with E-state index >= 15 is 0 Å². The van der Waals surface area contributed by atoms with Gasteiger partial charge in [-0.1, -0.05) is 74.9 Å². The highest BCUT2D eigenvalue weighted by Crippen LogP contribution is 2.26. The van der Waals surface area contributed by atoms with Crippen molar-refractivity contribution in [3.8, 4) is 0 Å². The van der Waals surface area contributed by atoms with Crippen LogP contribution in [0.25, 0.3) is 0 Å². The maximum Gasteiger partial charge on any atom is 0.408 e. The maximum absolute atomic E-state index is 14.3. The minimum Gasteiger partial charge on any atom is -0.444 e. The number of aryl methyl sites for hydroxylation is 1. The van der Waals surface area contributed by atoms with E-state index in [1.807, 2.05) is 75.4 Å². The number of amides is 3. The first-order valence-corrected chi connectivity index (χ1v) is 14.1. The lowest BCUT2D eigenvalue weighted by Gasteiger charge is -2.37. The molecule has 2 aromatic carbocycles. The molecule has 7 heteroatoms. The largest absolute Gasteiger partial charge is 0.444 e. The van der Waals surface area contributed by atoms with Crippen LogP contribution in [0.15, 0.2) is 54.6 Å². The van der Waals surface area contributed by atoms with Crippen molar-refractivity contribution < 1.29 is 19.1 Å². The Morgan fingerprint density at radius 1 is 0.872 bits per heavy atom. The number of hydrogen-bond acceptors (Lipinski definition) is 4. The second-order valence-electron chi connectivity index (χ2n) is 11.4. The number of nitrogens with zero attached hydrogens (tertiary/aromatic N) is 1. The second-order valence-corrected chi connectivity index (χ2v) is 11.4. The molecule has 0 aliphatic carbocycles. The smallest absolute Gasteiger partial charge is 0.408 e. The fourth-order valence-corrected chi connectivity index (χ4v) is 4.56. The first-order valence-electron chi connectivity index (χ1n) is 14.1. The molecule has 2 rings (SSSR count). The second kappa shape index (κ2) is 14.7. The van der Waals surface area contributed by atoms with Gasteiger partial charge >= 0.3 is 6.09 Å². The first kappa shape index (κ1) is 31.9. The van der Waals surface area contributed by atoms with Crippen LogP contribution >= 0.6 is 0 Å². The lowest BCUT2D eigenvalue weighted by Crippen LogP contribution is -2.56. The summed E-state index contributed by atoms with van der Waals surface area (Å²) >= 11 is 0. The molecule has 0 bridgehead atoms. The zero-order valence-corrected chi connectivity index (χ0v) is 24.9. The molecule has 3 amide bonds. The third-order valence-electron chi connectivity index (χ3n) is 6.42. The van der Waals surface area contributed by atoms with E-state index in [4.69, 9.17) is 4.74 Å². The summed E-state index contributed by atoms with van der Waals surface area (Å²) in [6.45, 7) is 15.2. The van der Waals surface area contributed by atoms with Crippen molar-refractivity contribution in [2.24, 2.45) is 0 Å². The van der Waals surface area contributed by atoms with Crippen LogP contribution in [0.2, 0.25) is 0 Å². The molecular formula is C32H47N3O4. The number of nitrogens with one attached hydrogen (secondary N) is 2. The average molecular weight is 538 g/mol. The molecule has 0 aliphatic heterocycles. The number of carbonyl (C=O) groups excluding carboxylic acids is 3. The highest BCUT2D eigenvalue weighted by Gasteiger charge is 2.38. The molecule has 39 heavy (non-hydrogen) atoms. The average Bonchev–Trinajstić information content (AvgIpc) is 2.86. The van der Waals surface area contributed by atoms with Gasteiger partial charge in [-0.2, -0.15) is 0 Å². The Hall–Kier alpha value is -3.35. The van der Waals surface area contributed by atoms with E-state index in [1.54, 1.807) is 25.7 Å². The van der Waals surface area contributed by atoms with Crippen LogP contribution < -0.4 is 10.6 Å². The molecule has 2 aromatic rings. The van der Waals surface area contributed by atoms with Gasteiger partial charge in [-0.3, -0.25) is 9.59 Å². The van der Waals surface area contributed by atoms with Gasteiger partial charge in [-0.25, -0.2) is 4.79 Å². The summed E-state index contributed by atoms with van der Waals surface area (Å²) in [5, 5.41) is 5.91. The molecule has 0 spiro atoms. The van der Waals surface area contributed by atoms with Crippen molar-refractivity contribution in [1.29, 1.82) is 0 Å². The van der Waals surface area contributed by atoms with Crippen LogP contribution in [-0.4, -0.2) is 46.5 Å². The van der Waals surface area contributed by atoms with Gasteiger partial charge in [0.25, 0.3) is 0 Å². The molecule has 0 saturated carbocycles. The van der Waals surface area contributed by atoms with Crippen molar-refractivity contribution in [2.45, 2.75) is 111 Å². The lowest BCUT2D eigenvalue weighted by atomic mass is 9.97. The van der Waals surface area contributed by atoms with Gasteiger partial charge in [0, 0.05) is 18.5 Å². The SMILES string of the molecule is CCCC(C)NC(=O)C(c1ccc(CC)cc1)N(C(=O)C(Cc1ccccc1)NC(=O)OC(C)(C)C)C(C)C. The van der Waals surface area contributed by atoms with E-state index in [0.717, 1.165) is 36.0 Å². The topological polar surface area (TPSA) is 87.7 Å². The summed E-state index contributed by atoms with van der Waals surface area (Å²) in [5.41, 5.74) is 2.04. The highest BCUT2D eigenvalue weighted by molar-refractivity contribution is 5.92. The molecule has 0 aromatic heterocycles. The number of rotatable bonds is 12. The van der Waals surface area contributed by atoms with E-state index in [2.05, 4.69) is 24.5 Å². The molecule has 0 radical (unpaired) electrons. The predicted molar refractivity (Wildman–Crippen MR) is 156 cm³/mol. The Balaban J connectivity index is 2.53. The Kier molecular flexibility index (Phi) is 12.0. The third kappa shape index (κ3) is 10.0. The summed E-state index contributed by atoms with van der Waals surface area (Å²) in [4.78, 5) is 42.6. The van der Waals surface area contributed by atoms with Gasteiger partial charge < -0.3 is 20.3 Å². The summed E-state index contributed by atoms with van der Waals surface area (Å²) in [7, 11) is 0. The summed E-state index contributed by atoms with van der Waals surface area (Å²) < 4.78 is 5.49. The first-order chi connectivity index (χ1) is 18.4. The molecule has 7 nitrogen and oxygen atoms in total. The number of benzene rings is 2. The number of hydrogen-bond donors (Lipinski definition) is 2.